The van der Waals surface area contributed by atoms with Gasteiger partial charge in [-0.25, -0.2) is 14.4 Å². The Hall–Kier alpha value is -3.59. The molecule has 0 N–H and O–H groups in total. The lowest BCUT2D eigenvalue weighted by molar-refractivity contribution is 0.0747. The highest BCUT2D eigenvalue weighted by molar-refractivity contribution is 6.33. The van der Waals surface area contributed by atoms with Crippen molar-refractivity contribution in [2.45, 2.75) is 0 Å². The van der Waals surface area contributed by atoms with Crippen LogP contribution >= 0.6 is 11.6 Å². The molecule has 0 aliphatic carbocycles. The fourth-order valence-corrected chi connectivity index (χ4v) is 3.89. The summed E-state index contributed by atoms with van der Waals surface area (Å²) < 4.78 is 15.1. The molecule has 2 aromatic heterocycles. The highest BCUT2D eigenvalue weighted by Gasteiger charge is 2.26. The van der Waals surface area contributed by atoms with Gasteiger partial charge in [-0.1, -0.05) is 35.0 Å². The highest BCUT2D eigenvalue weighted by atomic mass is 35.5. The summed E-state index contributed by atoms with van der Waals surface area (Å²) in [5.41, 5.74) is 2.05. The van der Waals surface area contributed by atoms with Crippen LogP contribution in [0.5, 0.6) is 0 Å². The van der Waals surface area contributed by atoms with E-state index in [0.717, 1.165) is 0 Å². The minimum absolute atomic E-state index is 0.0878. The second-order valence-electron chi connectivity index (χ2n) is 7.11. The summed E-state index contributed by atoms with van der Waals surface area (Å²) in [5, 5.41) is 8.83. The summed E-state index contributed by atoms with van der Waals surface area (Å²) in [5.74, 6) is 0.183. The van der Waals surface area contributed by atoms with Crippen molar-refractivity contribution in [2.24, 2.45) is 0 Å². The third kappa shape index (κ3) is 3.57. The van der Waals surface area contributed by atoms with Crippen molar-refractivity contribution in [1.29, 1.82) is 0 Å². The van der Waals surface area contributed by atoms with Crippen molar-refractivity contribution in [3.8, 4) is 5.69 Å². The molecule has 0 spiro atoms. The molecule has 156 valence electrons. The van der Waals surface area contributed by atoms with E-state index in [0.29, 0.717) is 59.4 Å². The van der Waals surface area contributed by atoms with Gasteiger partial charge >= 0.3 is 0 Å². The summed E-state index contributed by atoms with van der Waals surface area (Å²) in [7, 11) is 0. The van der Waals surface area contributed by atoms with Gasteiger partial charge in [0.05, 0.1) is 16.3 Å². The van der Waals surface area contributed by atoms with Crippen LogP contribution in [0.2, 0.25) is 5.02 Å². The molecular weight excluding hydrogens is 421 g/mol. The third-order valence-corrected chi connectivity index (χ3v) is 5.57. The molecule has 0 radical (unpaired) electrons. The largest absolute Gasteiger partial charge is 0.351 e. The molecule has 8 nitrogen and oxygen atoms in total. The monoisotopic (exact) mass is 437 g/mol. The van der Waals surface area contributed by atoms with Crippen molar-refractivity contribution in [3.05, 3.63) is 71.3 Å². The van der Waals surface area contributed by atoms with E-state index < -0.39 is 0 Å². The molecule has 10 heteroatoms. The van der Waals surface area contributed by atoms with Gasteiger partial charge in [0.25, 0.3) is 5.91 Å². The van der Waals surface area contributed by atoms with E-state index in [-0.39, 0.29) is 11.7 Å². The molecule has 4 aromatic rings. The number of rotatable bonds is 3. The smallest absolute Gasteiger partial charge is 0.255 e. The van der Waals surface area contributed by atoms with Crippen LogP contribution in [0.3, 0.4) is 0 Å². The first-order valence-electron chi connectivity index (χ1n) is 9.73. The summed E-state index contributed by atoms with van der Waals surface area (Å²) in [4.78, 5) is 25.3. The lowest BCUT2D eigenvalue weighted by Gasteiger charge is -2.35. The number of hydrogen-bond acceptors (Lipinski definition) is 6. The minimum atomic E-state index is -0.366. The maximum Gasteiger partial charge on any atom is 0.255 e. The van der Waals surface area contributed by atoms with Crippen molar-refractivity contribution in [3.63, 3.8) is 0 Å². The zero-order chi connectivity index (χ0) is 21.4. The zero-order valence-electron chi connectivity index (χ0n) is 16.3. The molecule has 3 heterocycles. The fourth-order valence-electron chi connectivity index (χ4n) is 3.68. The van der Waals surface area contributed by atoms with Crippen LogP contribution in [-0.4, -0.2) is 61.9 Å². The Balaban J connectivity index is 1.38. The molecule has 2 aromatic carbocycles. The number of carbonyl (C=O) groups excluding carboxylic acids is 1. The van der Waals surface area contributed by atoms with Crippen LogP contribution in [0, 0.1) is 5.82 Å². The first-order valence-corrected chi connectivity index (χ1v) is 10.1. The number of benzene rings is 2. The van der Waals surface area contributed by atoms with Gasteiger partial charge in [0.2, 0.25) is 0 Å². The van der Waals surface area contributed by atoms with Gasteiger partial charge in [-0.15, -0.1) is 5.10 Å². The van der Waals surface area contributed by atoms with Crippen LogP contribution in [-0.2, 0) is 0 Å². The van der Waals surface area contributed by atoms with Crippen molar-refractivity contribution >= 4 is 34.5 Å². The Labute approximate surface area is 181 Å². The average Bonchev–Trinajstić information content (AvgIpc) is 3.23. The number of aromatic nitrogens is 5. The lowest BCUT2D eigenvalue weighted by Crippen LogP contribution is -2.49. The number of amides is 1. The van der Waals surface area contributed by atoms with Gasteiger partial charge in [-0.05, 0) is 30.3 Å². The molecule has 1 saturated heterocycles. The lowest BCUT2D eigenvalue weighted by atomic mass is 10.2. The maximum absolute atomic E-state index is 13.6. The van der Waals surface area contributed by atoms with Gasteiger partial charge < -0.3 is 9.80 Å². The van der Waals surface area contributed by atoms with Gasteiger partial charge in [0.15, 0.2) is 17.0 Å². The first kappa shape index (κ1) is 19.4. The number of anilines is 1. The van der Waals surface area contributed by atoms with Crippen molar-refractivity contribution in [2.75, 3.05) is 31.1 Å². The van der Waals surface area contributed by atoms with Crippen LogP contribution in [0.4, 0.5) is 10.2 Å². The Bertz CT molecular complexity index is 1270. The average molecular weight is 438 g/mol. The van der Waals surface area contributed by atoms with E-state index in [9.17, 15) is 9.18 Å². The molecule has 0 atom stereocenters. The number of hydrogen-bond donors (Lipinski definition) is 0. The summed E-state index contributed by atoms with van der Waals surface area (Å²) in [6.45, 7) is 2.20. The Morgan fingerprint density at radius 2 is 1.81 bits per heavy atom. The van der Waals surface area contributed by atoms with Crippen LogP contribution in [0.1, 0.15) is 10.4 Å². The van der Waals surface area contributed by atoms with E-state index in [2.05, 4.69) is 20.3 Å². The second kappa shape index (κ2) is 7.92. The predicted molar refractivity (Wildman–Crippen MR) is 114 cm³/mol. The number of carbonyl (C=O) groups is 1. The molecule has 0 unspecified atom stereocenters. The SMILES string of the molecule is O=C(c1ccccc1Cl)N1CCN(c2ncnc3c2nnn3-c2cccc(F)c2)CC1. The number of halogens is 2. The normalized spacial score (nSPS) is 14.3. The summed E-state index contributed by atoms with van der Waals surface area (Å²) in [6.07, 6.45) is 1.44. The van der Waals surface area contributed by atoms with Gasteiger partial charge in [0.1, 0.15) is 12.1 Å². The van der Waals surface area contributed by atoms with Gasteiger partial charge in [-0.3, -0.25) is 4.79 Å². The zero-order valence-corrected chi connectivity index (χ0v) is 17.1. The maximum atomic E-state index is 13.6. The van der Waals surface area contributed by atoms with Crippen LogP contribution < -0.4 is 4.90 Å². The van der Waals surface area contributed by atoms with E-state index in [4.69, 9.17) is 11.6 Å². The van der Waals surface area contributed by atoms with Gasteiger partial charge in [0, 0.05) is 26.2 Å². The van der Waals surface area contributed by atoms with E-state index in [1.807, 2.05) is 4.90 Å². The topological polar surface area (TPSA) is 80.0 Å². The van der Waals surface area contributed by atoms with Crippen molar-refractivity contribution < 1.29 is 9.18 Å². The molecule has 0 saturated carbocycles. The Morgan fingerprint density at radius 1 is 1.00 bits per heavy atom. The highest BCUT2D eigenvalue weighted by Crippen LogP contribution is 2.25. The Kier molecular flexibility index (Phi) is 4.95. The second-order valence-corrected chi connectivity index (χ2v) is 7.52. The molecular formula is C21H17ClFN7O. The standard InChI is InChI=1S/C21H17ClFN7O/c22-17-7-2-1-6-16(17)21(31)29-10-8-28(9-11-29)19-18-20(25-13-24-19)30(27-26-18)15-5-3-4-14(23)12-15/h1-7,12-13H,8-11H2. The molecule has 31 heavy (non-hydrogen) atoms. The summed E-state index contributed by atoms with van der Waals surface area (Å²) >= 11 is 6.17. The Morgan fingerprint density at radius 3 is 2.58 bits per heavy atom. The molecule has 1 amide bonds. The number of nitrogens with zero attached hydrogens (tertiary/aromatic N) is 7. The first-order chi connectivity index (χ1) is 15.1. The van der Waals surface area contributed by atoms with E-state index in [1.165, 1.54) is 23.1 Å². The van der Waals surface area contributed by atoms with Gasteiger partial charge in [-0.2, -0.15) is 4.68 Å². The molecule has 1 aliphatic heterocycles. The van der Waals surface area contributed by atoms with E-state index >= 15 is 0 Å². The summed E-state index contributed by atoms with van der Waals surface area (Å²) in [6, 6.07) is 13.1. The number of piperazine rings is 1. The van der Waals surface area contributed by atoms with Crippen LogP contribution in [0.15, 0.2) is 54.9 Å². The van der Waals surface area contributed by atoms with E-state index in [1.54, 1.807) is 41.3 Å². The third-order valence-electron chi connectivity index (χ3n) is 5.24. The quantitative estimate of drug-likeness (QED) is 0.490. The molecule has 5 rings (SSSR count). The molecule has 0 bridgehead atoms. The van der Waals surface area contributed by atoms with Crippen LogP contribution in [0.25, 0.3) is 16.9 Å². The van der Waals surface area contributed by atoms with Crippen molar-refractivity contribution in [1.82, 2.24) is 29.9 Å². The molecule has 1 aliphatic rings. The minimum Gasteiger partial charge on any atom is -0.351 e. The molecule has 1 fully saturated rings. The number of fused-ring (bicyclic) bond motifs is 1. The predicted octanol–water partition coefficient (Wildman–Crippen LogP) is 2.97. The fraction of sp³-hybridized carbons (Fsp3) is 0.190.